The first-order chi connectivity index (χ1) is 10.1. The van der Waals surface area contributed by atoms with Gasteiger partial charge in [-0.3, -0.25) is 4.79 Å². The molecule has 1 heterocycles. The molecule has 0 spiro atoms. The monoisotopic (exact) mass is 297 g/mol. The maximum atomic E-state index is 12.3. The molecule has 0 aromatic rings. The Bertz CT molecular complexity index is 324. The minimum absolute atomic E-state index is 0.00116. The molecule has 1 saturated heterocycles. The number of imide groups is 1. The van der Waals surface area contributed by atoms with Crippen molar-refractivity contribution in [3.05, 3.63) is 0 Å². The molecule has 2 amide bonds. The van der Waals surface area contributed by atoms with E-state index in [-0.39, 0.29) is 11.8 Å². The third kappa shape index (κ3) is 5.68. The first kappa shape index (κ1) is 18.0. The lowest BCUT2D eigenvalue weighted by Crippen LogP contribution is -2.37. The largest absolute Gasteiger partial charge is 0.447 e. The Morgan fingerprint density at radius 3 is 2.33 bits per heavy atom. The number of nitrogens with zero attached hydrogens (tertiary/aromatic N) is 1. The van der Waals surface area contributed by atoms with Crippen LogP contribution in [0.1, 0.15) is 72.1 Å². The Hall–Kier alpha value is -1.06. The van der Waals surface area contributed by atoms with Crippen LogP contribution in [-0.2, 0) is 9.53 Å². The molecule has 4 nitrogen and oxygen atoms in total. The van der Waals surface area contributed by atoms with Crippen LogP contribution >= 0.6 is 0 Å². The molecule has 1 atom stereocenters. The molecular formula is C17H31NO3. The first-order valence-electron chi connectivity index (χ1n) is 8.62. The Labute approximate surface area is 129 Å². The van der Waals surface area contributed by atoms with Gasteiger partial charge in [-0.25, -0.2) is 9.69 Å². The van der Waals surface area contributed by atoms with Crippen LogP contribution in [0, 0.1) is 11.8 Å². The molecule has 0 unspecified atom stereocenters. The maximum absolute atomic E-state index is 12.3. The Morgan fingerprint density at radius 1 is 1.24 bits per heavy atom. The zero-order chi connectivity index (χ0) is 15.7. The van der Waals surface area contributed by atoms with E-state index in [1.54, 1.807) is 0 Å². The zero-order valence-corrected chi connectivity index (χ0v) is 13.9. The summed E-state index contributed by atoms with van der Waals surface area (Å²) in [6.07, 6.45) is 8.96. The van der Waals surface area contributed by atoms with Crippen molar-refractivity contribution in [2.24, 2.45) is 11.8 Å². The maximum Gasteiger partial charge on any atom is 0.416 e. The molecule has 2 aliphatic rings. The molecule has 122 valence electrons. The highest BCUT2D eigenvalue weighted by Crippen LogP contribution is 2.31. The average molecular weight is 297 g/mol. The lowest BCUT2D eigenvalue weighted by atomic mass is 9.81. The van der Waals surface area contributed by atoms with Crippen molar-refractivity contribution in [1.29, 1.82) is 0 Å². The third-order valence-electron chi connectivity index (χ3n) is 4.21. The first-order valence-corrected chi connectivity index (χ1v) is 8.62. The van der Waals surface area contributed by atoms with Crippen molar-refractivity contribution < 1.29 is 14.3 Å². The number of cyclic esters (lactones) is 1. The molecule has 2 fully saturated rings. The van der Waals surface area contributed by atoms with Crippen LogP contribution in [-0.4, -0.2) is 30.1 Å². The van der Waals surface area contributed by atoms with Gasteiger partial charge in [0, 0.05) is 5.92 Å². The van der Waals surface area contributed by atoms with E-state index in [4.69, 9.17) is 4.74 Å². The number of carbonyl (C=O) groups excluding carboxylic acids is 2. The van der Waals surface area contributed by atoms with Crippen LogP contribution in [0.3, 0.4) is 0 Å². The van der Waals surface area contributed by atoms with Gasteiger partial charge < -0.3 is 4.74 Å². The number of hydrogen-bond donors (Lipinski definition) is 0. The minimum Gasteiger partial charge on any atom is -0.447 e. The molecule has 21 heavy (non-hydrogen) atoms. The fourth-order valence-electron chi connectivity index (χ4n) is 3.08. The van der Waals surface area contributed by atoms with E-state index in [2.05, 4.69) is 13.8 Å². The molecule has 0 aromatic heterocycles. The SMILES string of the molecule is CCC.CC[C@H](CC1CCCCC1)C(=O)N1CCOC1=O. The number of amides is 2. The summed E-state index contributed by atoms with van der Waals surface area (Å²) in [7, 11) is 0. The van der Waals surface area contributed by atoms with Crippen LogP contribution in [0.2, 0.25) is 0 Å². The van der Waals surface area contributed by atoms with Crippen molar-refractivity contribution in [3.8, 4) is 0 Å². The van der Waals surface area contributed by atoms with Crippen molar-refractivity contribution in [2.75, 3.05) is 13.2 Å². The van der Waals surface area contributed by atoms with Gasteiger partial charge in [-0.1, -0.05) is 59.3 Å². The second kappa shape index (κ2) is 9.80. The molecule has 0 radical (unpaired) electrons. The smallest absolute Gasteiger partial charge is 0.416 e. The predicted octanol–water partition coefficient (Wildman–Crippen LogP) is 4.38. The summed E-state index contributed by atoms with van der Waals surface area (Å²) in [4.78, 5) is 25.0. The van der Waals surface area contributed by atoms with Gasteiger partial charge in [0.2, 0.25) is 5.91 Å². The molecule has 2 rings (SSSR count). The van der Waals surface area contributed by atoms with Gasteiger partial charge in [0.1, 0.15) is 6.61 Å². The topological polar surface area (TPSA) is 46.6 Å². The molecular weight excluding hydrogens is 266 g/mol. The number of rotatable bonds is 4. The van der Waals surface area contributed by atoms with Gasteiger partial charge >= 0.3 is 6.09 Å². The summed E-state index contributed by atoms with van der Waals surface area (Å²) in [5.41, 5.74) is 0. The van der Waals surface area contributed by atoms with Gasteiger partial charge in [0.15, 0.2) is 0 Å². The summed E-state index contributed by atoms with van der Waals surface area (Å²) >= 11 is 0. The van der Waals surface area contributed by atoms with E-state index in [1.807, 2.05) is 6.92 Å². The predicted molar refractivity (Wildman–Crippen MR) is 84.0 cm³/mol. The van der Waals surface area contributed by atoms with E-state index in [9.17, 15) is 9.59 Å². The number of ether oxygens (including phenoxy) is 1. The summed E-state index contributed by atoms with van der Waals surface area (Å²) in [5, 5.41) is 0. The van der Waals surface area contributed by atoms with Gasteiger partial charge in [-0.2, -0.15) is 0 Å². The molecule has 1 aliphatic heterocycles. The van der Waals surface area contributed by atoms with Crippen molar-refractivity contribution in [1.82, 2.24) is 4.90 Å². The summed E-state index contributed by atoms with van der Waals surface area (Å²) in [6.45, 7) is 7.07. The van der Waals surface area contributed by atoms with E-state index >= 15 is 0 Å². The van der Waals surface area contributed by atoms with E-state index in [0.717, 1.165) is 12.8 Å². The van der Waals surface area contributed by atoms with Crippen LogP contribution in [0.4, 0.5) is 4.79 Å². The fraction of sp³-hybridized carbons (Fsp3) is 0.882. The number of carbonyl (C=O) groups is 2. The number of hydrogen-bond acceptors (Lipinski definition) is 3. The van der Waals surface area contributed by atoms with Gasteiger partial charge in [-0.15, -0.1) is 0 Å². The van der Waals surface area contributed by atoms with Crippen molar-refractivity contribution >= 4 is 12.0 Å². The summed E-state index contributed by atoms with van der Waals surface area (Å²) < 4.78 is 4.84. The summed E-state index contributed by atoms with van der Waals surface area (Å²) in [5.74, 6) is 0.649. The molecule has 0 N–H and O–H groups in total. The second-order valence-electron chi connectivity index (χ2n) is 6.16. The Kier molecular flexibility index (Phi) is 8.40. The van der Waals surface area contributed by atoms with Gasteiger partial charge in [0.25, 0.3) is 0 Å². The standard InChI is InChI=1S/C14H23NO3.C3H8/c1-2-12(10-11-6-4-3-5-7-11)13(16)15-8-9-18-14(15)17;1-3-2/h11-12H,2-10H2,1H3;3H2,1-2H3/t12-;/m1./s1. The molecule has 1 aliphatic carbocycles. The van der Waals surface area contributed by atoms with Gasteiger partial charge in [-0.05, 0) is 18.8 Å². The van der Waals surface area contributed by atoms with Crippen LogP contribution in [0.5, 0.6) is 0 Å². The van der Waals surface area contributed by atoms with Crippen LogP contribution < -0.4 is 0 Å². The molecule has 4 heteroatoms. The molecule has 0 aromatic carbocycles. The minimum atomic E-state index is -0.456. The average Bonchev–Trinajstić information content (AvgIpc) is 2.92. The summed E-state index contributed by atoms with van der Waals surface area (Å²) in [6, 6.07) is 0. The molecule has 0 bridgehead atoms. The van der Waals surface area contributed by atoms with Crippen molar-refractivity contribution in [3.63, 3.8) is 0 Å². The lowest BCUT2D eigenvalue weighted by molar-refractivity contribution is -0.132. The second-order valence-corrected chi connectivity index (χ2v) is 6.16. The van der Waals surface area contributed by atoms with Crippen LogP contribution in [0.25, 0.3) is 0 Å². The van der Waals surface area contributed by atoms with Crippen molar-refractivity contribution in [2.45, 2.75) is 72.1 Å². The van der Waals surface area contributed by atoms with E-state index < -0.39 is 6.09 Å². The van der Waals surface area contributed by atoms with E-state index in [0.29, 0.717) is 19.1 Å². The third-order valence-corrected chi connectivity index (χ3v) is 4.21. The highest BCUT2D eigenvalue weighted by molar-refractivity contribution is 5.94. The highest BCUT2D eigenvalue weighted by Gasteiger charge is 2.33. The molecule has 1 saturated carbocycles. The fourth-order valence-corrected chi connectivity index (χ4v) is 3.08. The highest BCUT2D eigenvalue weighted by atomic mass is 16.6. The zero-order valence-electron chi connectivity index (χ0n) is 13.9. The normalized spacial score (nSPS) is 20.5. The Morgan fingerprint density at radius 2 is 1.86 bits per heavy atom. The van der Waals surface area contributed by atoms with Crippen LogP contribution in [0.15, 0.2) is 0 Å². The quantitative estimate of drug-likeness (QED) is 0.773. The lowest BCUT2D eigenvalue weighted by Gasteiger charge is -2.26. The Balaban J connectivity index is 0.000000677. The van der Waals surface area contributed by atoms with Gasteiger partial charge in [0.05, 0.1) is 6.54 Å². The van der Waals surface area contributed by atoms with E-state index in [1.165, 1.54) is 43.4 Å².